The molecule has 1 aromatic carbocycles. The summed E-state index contributed by atoms with van der Waals surface area (Å²) in [6.07, 6.45) is 0. The third kappa shape index (κ3) is 3.68. The van der Waals surface area contributed by atoms with E-state index in [0.717, 1.165) is 10.1 Å². The second kappa shape index (κ2) is 6.04. The van der Waals surface area contributed by atoms with E-state index < -0.39 is 0 Å². The Labute approximate surface area is 95.3 Å². The normalized spacial score (nSPS) is 12.1. The molecule has 0 heterocycles. The van der Waals surface area contributed by atoms with Gasteiger partial charge in [-0.15, -0.1) is 0 Å². The first-order valence-corrected chi connectivity index (χ1v) is 6.11. The van der Waals surface area contributed by atoms with E-state index in [1.54, 1.807) is 11.8 Å². The highest BCUT2D eigenvalue weighted by molar-refractivity contribution is 8.22. The molecule has 0 radical (unpaired) electrons. The molecule has 3 heteroatoms. The Balaban J connectivity index is 2.50. The summed E-state index contributed by atoms with van der Waals surface area (Å²) < 4.78 is 0.879. The van der Waals surface area contributed by atoms with Crippen LogP contribution in [0.2, 0.25) is 0 Å². The van der Waals surface area contributed by atoms with Crippen molar-refractivity contribution >= 4 is 28.3 Å². The molecule has 1 aromatic rings. The second-order valence-corrected chi connectivity index (χ2v) is 4.94. The van der Waals surface area contributed by atoms with Gasteiger partial charge in [0.1, 0.15) is 4.32 Å². The monoisotopic (exact) mass is 225 g/mol. The molecule has 0 unspecified atom stereocenters. The minimum atomic E-state index is 0.294. The standard InChI is InChI=1S/C11H15NS2/c1-3-14-11(13)12-9(2)10-7-5-4-6-8-10/h4-9H,3H2,1-2H3,(H,12,13)/t9-/m0/s1. The van der Waals surface area contributed by atoms with E-state index >= 15 is 0 Å². The molecular formula is C11H15NS2. The van der Waals surface area contributed by atoms with Crippen molar-refractivity contribution in [1.29, 1.82) is 0 Å². The van der Waals surface area contributed by atoms with Gasteiger partial charge in [0.05, 0.1) is 0 Å². The zero-order valence-electron chi connectivity index (χ0n) is 8.49. The lowest BCUT2D eigenvalue weighted by Gasteiger charge is -2.15. The van der Waals surface area contributed by atoms with Crippen molar-refractivity contribution in [1.82, 2.24) is 5.32 Å². The lowest BCUT2D eigenvalue weighted by atomic mass is 10.1. The molecule has 76 valence electrons. The van der Waals surface area contributed by atoms with Crippen molar-refractivity contribution in [2.75, 3.05) is 5.75 Å². The average molecular weight is 225 g/mol. The van der Waals surface area contributed by atoms with Gasteiger partial charge in [-0.3, -0.25) is 0 Å². The van der Waals surface area contributed by atoms with Gasteiger partial charge >= 0.3 is 0 Å². The highest BCUT2D eigenvalue weighted by Gasteiger charge is 2.05. The minimum Gasteiger partial charge on any atom is -0.364 e. The maximum atomic E-state index is 5.18. The lowest BCUT2D eigenvalue weighted by Crippen LogP contribution is -2.22. The molecule has 1 atom stereocenters. The molecule has 0 saturated heterocycles. The first kappa shape index (κ1) is 11.5. The Kier molecular flexibility index (Phi) is 4.98. The van der Waals surface area contributed by atoms with Crippen LogP contribution in [0.5, 0.6) is 0 Å². The zero-order valence-corrected chi connectivity index (χ0v) is 10.1. The molecule has 14 heavy (non-hydrogen) atoms. The average Bonchev–Trinajstić information content (AvgIpc) is 2.19. The summed E-state index contributed by atoms with van der Waals surface area (Å²) in [6.45, 7) is 4.23. The summed E-state index contributed by atoms with van der Waals surface area (Å²) in [6, 6.07) is 10.6. The van der Waals surface area contributed by atoms with Crippen LogP contribution in [-0.2, 0) is 0 Å². The number of thioether (sulfide) groups is 1. The minimum absolute atomic E-state index is 0.294. The number of benzene rings is 1. The van der Waals surface area contributed by atoms with Crippen molar-refractivity contribution < 1.29 is 0 Å². The largest absolute Gasteiger partial charge is 0.364 e. The van der Waals surface area contributed by atoms with Crippen LogP contribution >= 0.6 is 24.0 Å². The Morgan fingerprint density at radius 2 is 2.07 bits per heavy atom. The van der Waals surface area contributed by atoms with Crippen LogP contribution in [0.1, 0.15) is 25.5 Å². The topological polar surface area (TPSA) is 12.0 Å². The Morgan fingerprint density at radius 3 is 2.64 bits per heavy atom. The fourth-order valence-corrected chi connectivity index (χ4v) is 2.23. The van der Waals surface area contributed by atoms with E-state index in [4.69, 9.17) is 12.2 Å². The number of hydrogen-bond acceptors (Lipinski definition) is 2. The van der Waals surface area contributed by atoms with Gasteiger partial charge < -0.3 is 5.32 Å². The van der Waals surface area contributed by atoms with Crippen LogP contribution in [0.4, 0.5) is 0 Å². The molecule has 0 bridgehead atoms. The van der Waals surface area contributed by atoms with Gasteiger partial charge in [-0.1, -0.05) is 61.2 Å². The van der Waals surface area contributed by atoms with Crippen LogP contribution in [0.15, 0.2) is 30.3 Å². The number of thiocarbonyl (C=S) groups is 1. The van der Waals surface area contributed by atoms with Gasteiger partial charge in [0.2, 0.25) is 0 Å². The van der Waals surface area contributed by atoms with Crippen molar-refractivity contribution in [2.45, 2.75) is 19.9 Å². The van der Waals surface area contributed by atoms with Crippen LogP contribution in [-0.4, -0.2) is 10.1 Å². The second-order valence-electron chi connectivity index (χ2n) is 3.00. The van der Waals surface area contributed by atoms with Crippen molar-refractivity contribution in [3.05, 3.63) is 35.9 Å². The predicted octanol–water partition coefficient (Wildman–Crippen LogP) is 3.38. The maximum absolute atomic E-state index is 5.18. The van der Waals surface area contributed by atoms with Gasteiger partial charge in [0, 0.05) is 6.04 Å². The quantitative estimate of drug-likeness (QED) is 0.792. The van der Waals surface area contributed by atoms with Crippen LogP contribution in [0.3, 0.4) is 0 Å². The number of rotatable bonds is 3. The van der Waals surface area contributed by atoms with Crippen molar-refractivity contribution in [2.24, 2.45) is 0 Å². The predicted molar refractivity (Wildman–Crippen MR) is 68.7 cm³/mol. The summed E-state index contributed by atoms with van der Waals surface area (Å²) >= 11 is 6.86. The fraction of sp³-hybridized carbons (Fsp3) is 0.364. The molecule has 0 aliphatic heterocycles. The van der Waals surface area contributed by atoms with Crippen LogP contribution < -0.4 is 5.32 Å². The van der Waals surface area contributed by atoms with Gasteiger partial charge in [-0.25, -0.2) is 0 Å². The van der Waals surface area contributed by atoms with Gasteiger partial charge in [-0.05, 0) is 18.2 Å². The Morgan fingerprint density at radius 1 is 1.43 bits per heavy atom. The molecule has 1 N–H and O–H groups in total. The molecule has 0 fully saturated rings. The maximum Gasteiger partial charge on any atom is 0.134 e. The molecule has 0 amide bonds. The van der Waals surface area contributed by atoms with Crippen molar-refractivity contribution in [3.63, 3.8) is 0 Å². The molecule has 0 aromatic heterocycles. The fourth-order valence-electron chi connectivity index (χ4n) is 1.17. The molecule has 1 rings (SSSR count). The SMILES string of the molecule is CCSC(=S)N[C@@H](C)c1ccccc1. The highest BCUT2D eigenvalue weighted by atomic mass is 32.2. The Hall–Kier alpha value is -0.540. The molecular weight excluding hydrogens is 210 g/mol. The highest BCUT2D eigenvalue weighted by Crippen LogP contribution is 2.13. The van der Waals surface area contributed by atoms with E-state index in [9.17, 15) is 0 Å². The summed E-state index contributed by atoms with van der Waals surface area (Å²) in [5.74, 6) is 1.02. The van der Waals surface area contributed by atoms with Crippen LogP contribution in [0, 0.1) is 0 Å². The molecule has 0 saturated carbocycles. The summed E-state index contributed by atoms with van der Waals surface area (Å²) in [4.78, 5) is 0. The third-order valence-corrected chi connectivity index (χ3v) is 3.05. The summed E-state index contributed by atoms with van der Waals surface area (Å²) in [7, 11) is 0. The lowest BCUT2D eigenvalue weighted by molar-refractivity contribution is 0.730. The van der Waals surface area contributed by atoms with Gasteiger partial charge in [0.15, 0.2) is 0 Å². The molecule has 1 nitrogen and oxygen atoms in total. The molecule has 0 spiro atoms. The zero-order chi connectivity index (χ0) is 10.4. The third-order valence-electron chi connectivity index (χ3n) is 1.91. The molecule has 0 aliphatic rings. The molecule has 0 aliphatic carbocycles. The van der Waals surface area contributed by atoms with Gasteiger partial charge in [0.25, 0.3) is 0 Å². The van der Waals surface area contributed by atoms with E-state index in [2.05, 4.69) is 31.3 Å². The number of hydrogen-bond donors (Lipinski definition) is 1. The first-order chi connectivity index (χ1) is 6.74. The van der Waals surface area contributed by atoms with Crippen molar-refractivity contribution in [3.8, 4) is 0 Å². The number of nitrogens with one attached hydrogen (secondary N) is 1. The van der Waals surface area contributed by atoms with E-state index in [-0.39, 0.29) is 0 Å². The van der Waals surface area contributed by atoms with E-state index in [0.29, 0.717) is 6.04 Å². The van der Waals surface area contributed by atoms with Crippen LogP contribution in [0.25, 0.3) is 0 Å². The van der Waals surface area contributed by atoms with E-state index in [1.165, 1.54) is 5.56 Å². The van der Waals surface area contributed by atoms with Gasteiger partial charge in [-0.2, -0.15) is 0 Å². The smallest absolute Gasteiger partial charge is 0.134 e. The van der Waals surface area contributed by atoms with E-state index in [1.807, 2.05) is 18.2 Å². The summed E-state index contributed by atoms with van der Waals surface area (Å²) in [5, 5.41) is 3.29. The first-order valence-electron chi connectivity index (χ1n) is 4.72. The Bertz CT molecular complexity index is 285. The summed E-state index contributed by atoms with van der Waals surface area (Å²) in [5.41, 5.74) is 1.27.